The Kier molecular flexibility index (Phi) is 3.18. The Balaban J connectivity index is 2.37. The number of carbonyl (C=O) groups is 1. The highest BCUT2D eigenvalue weighted by atomic mass is 16.4. The van der Waals surface area contributed by atoms with Gasteiger partial charge < -0.3 is 5.11 Å². The number of aromatic carboxylic acids is 1. The van der Waals surface area contributed by atoms with E-state index in [1.807, 2.05) is 6.07 Å². The largest absolute Gasteiger partial charge is 0.478 e. The Morgan fingerprint density at radius 2 is 2.11 bits per heavy atom. The Morgan fingerprint density at radius 1 is 1.44 bits per heavy atom. The van der Waals surface area contributed by atoms with E-state index in [0.29, 0.717) is 17.2 Å². The predicted molar refractivity (Wildman–Crippen MR) is 70.9 cm³/mol. The van der Waals surface area contributed by atoms with Crippen LogP contribution in [0.5, 0.6) is 0 Å². The minimum absolute atomic E-state index is 0.270. The third-order valence-electron chi connectivity index (χ3n) is 4.03. The lowest BCUT2D eigenvalue weighted by Gasteiger charge is -2.34. The van der Waals surface area contributed by atoms with Crippen molar-refractivity contribution in [1.82, 2.24) is 4.98 Å². The highest BCUT2D eigenvalue weighted by Gasteiger charge is 2.30. The van der Waals surface area contributed by atoms with Crippen LogP contribution in [0.2, 0.25) is 0 Å². The third-order valence-corrected chi connectivity index (χ3v) is 4.03. The first kappa shape index (κ1) is 13.1. The molecule has 0 aliphatic heterocycles. The van der Waals surface area contributed by atoms with Crippen molar-refractivity contribution in [1.29, 1.82) is 0 Å². The van der Waals surface area contributed by atoms with Crippen LogP contribution in [0.3, 0.4) is 0 Å². The zero-order chi connectivity index (χ0) is 13.5. The molecule has 1 heterocycles. The molecular formula is C15H21NO2. The van der Waals surface area contributed by atoms with Crippen molar-refractivity contribution >= 4 is 5.97 Å². The lowest BCUT2D eigenvalue weighted by molar-refractivity contribution is 0.0695. The standard InChI is InChI=1S/C15H21NO2/c1-9-12(14(17)18)8-10-7-11(15(2,3)4)5-6-13(10)16-9/h8,11H,5-7H2,1-4H3,(H,17,18). The van der Waals surface area contributed by atoms with Gasteiger partial charge in [0.1, 0.15) is 0 Å². The molecule has 0 spiro atoms. The molecule has 98 valence electrons. The van der Waals surface area contributed by atoms with E-state index < -0.39 is 5.97 Å². The van der Waals surface area contributed by atoms with Gasteiger partial charge in [-0.2, -0.15) is 0 Å². The van der Waals surface area contributed by atoms with Gasteiger partial charge in [-0.25, -0.2) is 4.79 Å². The average molecular weight is 247 g/mol. The molecule has 0 bridgehead atoms. The fourth-order valence-electron chi connectivity index (χ4n) is 2.72. The van der Waals surface area contributed by atoms with Crippen LogP contribution in [0.4, 0.5) is 0 Å². The molecule has 1 unspecified atom stereocenters. The van der Waals surface area contributed by atoms with Crippen LogP contribution in [0.25, 0.3) is 0 Å². The van der Waals surface area contributed by atoms with Gasteiger partial charge in [0, 0.05) is 5.69 Å². The topological polar surface area (TPSA) is 50.2 Å². The molecule has 0 amide bonds. The summed E-state index contributed by atoms with van der Waals surface area (Å²) in [5.41, 5.74) is 3.48. The highest BCUT2D eigenvalue weighted by molar-refractivity contribution is 5.89. The van der Waals surface area contributed by atoms with Gasteiger partial charge in [-0.15, -0.1) is 0 Å². The van der Waals surface area contributed by atoms with Crippen molar-refractivity contribution < 1.29 is 9.90 Å². The van der Waals surface area contributed by atoms with Crippen LogP contribution in [0, 0.1) is 18.3 Å². The second-order valence-electron chi connectivity index (χ2n) is 6.34. The lowest BCUT2D eigenvalue weighted by Crippen LogP contribution is -2.28. The van der Waals surface area contributed by atoms with Crippen LogP contribution in [0.1, 0.15) is 54.5 Å². The maximum Gasteiger partial charge on any atom is 0.337 e. The van der Waals surface area contributed by atoms with E-state index >= 15 is 0 Å². The van der Waals surface area contributed by atoms with Crippen LogP contribution < -0.4 is 0 Å². The Bertz CT molecular complexity index is 486. The number of aryl methyl sites for hydroxylation is 2. The summed E-state index contributed by atoms with van der Waals surface area (Å²) < 4.78 is 0. The Morgan fingerprint density at radius 3 is 2.67 bits per heavy atom. The molecular weight excluding hydrogens is 226 g/mol. The van der Waals surface area contributed by atoms with E-state index in [-0.39, 0.29) is 5.41 Å². The van der Waals surface area contributed by atoms with E-state index in [1.165, 1.54) is 0 Å². The number of rotatable bonds is 1. The smallest absolute Gasteiger partial charge is 0.337 e. The van der Waals surface area contributed by atoms with E-state index in [1.54, 1.807) is 6.92 Å². The fraction of sp³-hybridized carbons (Fsp3) is 0.600. The number of aromatic nitrogens is 1. The van der Waals surface area contributed by atoms with Gasteiger partial charge in [-0.1, -0.05) is 20.8 Å². The zero-order valence-corrected chi connectivity index (χ0v) is 11.6. The molecule has 3 heteroatoms. The van der Waals surface area contributed by atoms with Crippen molar-refractivity contribution in [3.8, 4) is 0 Å². The van der Waals surface area contributed by atoms with Gasteiger partial charge in [-0.05, 0) is 49.1 Å². The molecule has 1 aliphatic rings. The molecule has 3 nitrogen and oxygen atoms in total. The summed E-state index contributed by atoms with van der Waals surface area (Å²) in [4.78, 5) is 15.6. The molecule has 0 fully saturated rings. The number of fused-ring (bicyclic) bond motifs is 1. The molecule has 0 saturated heterocycles. The van der Waals surface area contributed by atoms with Crippen molar-refractivity contribution in [2.75, 3.05) is 0 Å². The summed E-state index contributed by atoms with van der Waals surface area (Å²) >= 11 is 0. The van der Waals surface area contributed by atoms with Gasteiger partial charge in [0.2, 0.25) is 0 Å². The highest BCUT2D eigenvalue weighted by Crippen LogP contribution is 2.37. The van der Waals surface area contributed by atoms with Gasteiger partial charge in [0.15, 0.2) is 0 Å². The number of carboxylic acids is 1. The van der Waals surface area contributed by atoms with Crippen molar-refractivity contribution in [3.05, 3.63) is 28.6 Å². The minimum Gasteiger partial charge on any atom is -0.478 e. The average Bonchev–Trinajstić information content (AvgIpc) is 2.25. The monoisotopic (exact) mass is 247 g/mol. The molecule has 0 aromatic carbocycles. The van der Waals surface area contributed by atoms with E-state index in [2.05, 4.69) is 25.8 Å². The quantitative estimate of drug-likeness (QED) is 0.828. The SMILES string of the molecule is Cc1nc2c(cc1C(=O)O)CC(C(C)(C)C)CC2. The third kappa shape index (κ3) is 2.40. The second-order valence-corrected chi connectivity index (χ2v) is 6.34. The fourth-order valence-corrected chi connectivity index (χ4v) is 2.72. The van der Waals surface area contributed by atoms with Gasteiger partial charge in [0.05, 0.1) is 11.3 Å². The number of hydrogen-bond donors (Lipinski definition) is 1. The minimum atomic E-state index is -0.874. The first-order valence-electron chi connectivity index (χ1n) is 6.51. The van der Waals surface area contributed by atoms with E-state index in [9.17, 15) is 4.79 Å². The van der Waals surface area contributed by atoms with E-state index in [4.69, 9.17) is 5.11 Å². The summed E-state index contributed by atoms with van der Waals surface area (Å²) in [5.74, 6) is -0.267. The molecule has 18 heavy (non-hydrogen) atoms. The molecule has 2 rings (SSSR count). The Hall–Kier alpha value is -1.38. The van der Waals surface area contributed by atoms with Crippen LogP contribution in [-0.4, -0.2) is 16.1 Å². The van der Waals surface area contributed by atoms with Gasteiger partial charge in [0.25, 0.3) is 0 Å². The number of pyridine rings is 1. The molecule has 1 aromatic rings. The van der Waals surface area contributed by atoms with Crippen molar-refractivity contribution in [2.24, 2.45) is 11.3 Å². The summed E-state index contributed by atoms with van der Waals surface area (Å²) in [6.07, 6.45) is 3.07. The summed E-state index contributed by atoms with van der Waals surface area (Å²) in [7, 11) is 0. The molecule has 1 N–H and O–H groups in total. The predicted octanol–water partition coefficient (Wildman–Crippen LogP) is 3.24. The molecule has 1 atom stereocenters. The molecule has 0 saturated carbocycles. The lowest BCUT2D eigenvalue weighted by atomic mass is 9.71. The molecule has 1 aliphatic carbocycles. The molecule has 0 radical (unpaired) electrons. The van der Waals surface area contributed by atoms with Crippen molar-refractivity contribution in [3.63, 3.8) is 0 Å². The summed E-state index contributed by atoms with van der Waals surface area (Å²) in [5, 5.41) is 9.15. The van der Waals surface area contributed by atoms with Crippen LogP contribution in [0.15, 0.2) is 6.07 Å². The Labute approximate surface area is 108 Å². The number of nitrogens with zero attached hydrogens (tertiary/aromatic N) is 1. The zero-order valence-electron chi connectivity index (χ0n) is 11.6. The maximum absolute atomic E-state index is 11.1. The molecule has 1 aromatic heterocycles. The second kappa shape index (κ2) is 4.38. The summed E-state index contributed by atoms with van der Waals surface area (Å²) in [6.45, 7) is 8.53. The number of carboxylic acid groups (broad SMARTS) is 1. The first-order chi connectivity index (χ1) is 8.29. The summed E-state index contributed by atoms with van der Waals surface area (Å²) in [6, 6.07) is 1.83. The normalized spacial score (nSPS) is 19.4. The van der Waals surface area contributed by atoms with Crippen LogP contribution in [-0.2, 0) is 12.8 Å². The van der Waals surface area contributed by atoms with E-state index in [0.717, 1.165) is 30.5 Å². The maximum atomic E-state index is 11.1. The van der Waals surface area contributed by atoms with Crippen molar-refractivity contribution in [2.45, 2.75) is 47.0 Å². The first-order valence-corrected chi connectivity index (χ1v) is 6.51. The number of hydrogen-bond acceptors (Lipinski definition) is 2. The van der Waals surface area contributed by atoms with Gasteiger partial charge >= 0.3 is 5.97 Å². The van der Waals surface area contributed by atoms with Gasteiger partial charge in [-0.3, -0.25) is 4.98 Å². The van der Waals surface area contributed by atoms with Crippen LogP contribution >= 0.6 is 0 Å².